The van der Waals surface area contributed by atoms with Gasteiger partial charge in [-0.05, 0) is 26.0 Å². The van der Waals surface area contributed by atoms with Gasteiger partial charge in [-0.25, -0.2) is 9.67 Å². The Morgan fingerprint density at radius 2 is 1.96 bits per heavy atom. The van der Waals surface area contributed by atoms with Gasteiger partial charge in [-0.2, -0.15) is 5.10 Å². The Bertz CT molecular complexity index is 959. The fourth-order valence-corrected chi connectivity index (χ4v) is 2.68. The van der Waals surface area contributed by atoms with Crippen LogP contribution < -0.4 is 10.6 Å². The van der Waals surface area contributed by atoms with E-state index in [-0.39, 0.29) is 18.2 Å². The molecular formula is C19H21N5O3. The van der Waals surface area contributed by atoms with Crippen LogP contribution in [-0.2, 0) is 17.8 Å². The molecule has 0 atom stereocenters. The molecule has 0 aliphatic rings. The molecule has 0 saturated heterocycles. The molecule has 0 bridgehead atoms. The van der Waals surface area contributed by atoms with Gasteiger partial charge in [-0.1, -0.05) is 18.2 Å². The smallest absolute Gasteiger partial charge is 0.256 e. The quantitative estimate of drug-likeness (QED) is 0.696. The lowest BCUT2D eigenvalue weighted by atomic mass is 10.2. The second kappa shape index (κ2) is 7.86. The van der Waals surface area contributed by atoms with Crippen LogP contribution in [0.5, 0.6) is 0 Å². The van der Waals surface area contributed by atoms with Crippen molar-refractivity contribution in [3.05, 3.63) is 53.5 Å². The first kappa shape index (κ1) is 18.4. The maximum Gasteiger partial charge on any atom is 0.256 e. The molecule has 0 aliphatic heterocycles. The molecule has 8 nitrogen and oxygen atoms in total. The van der Waals surface area contributed by atoms with Crippen molar-refractivity contribution in [2.24, 2.45) is 0 Å². The summed E-state index contributed by atoms with van der Waals surface area (Å²) in [6.45, 7) is 4.17. The third kappa shape index (κ3) is 3.89. The summed E-state index contributed by atoms with van der Waals surface area (Å²) in [5.41, 5.74) is 1.71. The molecule has 2 N–H and O–H groups in total. The molecule has 0 unspecified atom stereocenters. The highest BCUT2D eigenvalue weighted by molar-refractivity contribution is 6.02. The number of carbonyl (C=O) groups excluding carboxylic acids is 2. The minimum Gasteiger partial charge on any atom is -0.441 e. The Kier molecular flexibility index (Phi) is 5.35. The molecule has 2 amide bonds. The SMILES string of the molecule is CCn1ncc(C(=O)NC)c1NC(=O)Cc1nc(-c2ccccc2)oc1C. The summed E-state index contributed by atoms with van der Waals surface area (Å²) in [6.07, 6.45) is 1.47. The molecule has 2 aromatic heterocycles. The molecule has 0 aliphatic carbocycles. The molecule has 140 valence electrons. The number of aromatic nitrogens is 3. The Balaban J connectivity index is 1.78. The van der Waals surface area contributed by atoms with Gasteiger partial charge in [-0.15, -0.1) is 0 Å². The second-order valence-electron chi connectivity index (χ2n) is 5.91. The molecular weight excluding hydrogens is 346 g/mol. The van der Waals surface area contributed by atoms with E-state index < -0.39 is 0 Å². The molecule has 3 aromatic rings. The van der Waals surface area contributed by atoms with Crippen LogP contribution in [0.3, 0.4) is 0 Å². The van der Waals surface area contributed by atoms with Crippen molar-refractivity contribution in [3.63, 3.8) is 0 Å². The number of anilines is 1. The lowest BCUT2D eigenvalue weighted by Gasteiger charge is -2.09. The summed E-state index contributed by atoms with van der Waals surface area (Å²) < 4.78 is 7.25. The van der Waals surface area contributed by atoms with Crippen molar-refractivity contribution in [1.29, 1.82) is 0 Å². The minimum absolute atomic E-state index is 0.0320. The van der Waals surface area contributed by atoms with E-state index in [1.807, 2.05) is 37.3 Å². The number of amides is 2. The summed E-state index contributed by atoms with van der Waals surface area (Å²) in [5.74, 6) is 0.812. The van der Waals surface area contributed by atoms with Crippen LogP contribution in [0.15, 0.2) is 40.9 Å². The zero-order valence-electron chi connectivity index (χ0n) is 15.4. The van der Waals surface area contributed by atoms with Crippen LogP contribution in [0, 0.1) is 6.92 Å². The van der Waals surface area contributed by atoms with Crippen LogP contribution in [-0.4, -0.2) is 33.6 Å². The monoisotopic (exact) mass is 367 g/mol. The largest absolute Gasteiger partial charge is 0.441 e. The second-order valence-corrected chi connectivity index (χ2v) is 5.91. The molecule has 0 fully saturated rings. The highest BCUT2D eigenvalue weighted by atomic mass is 16.4. The predicted molar refractivity (Wildman–Crippen MR) is 100 cm³/mol. The zero-order valence-corrected chi connectivity index (χ0v) is 15.4. The topological polar surface area (TPSA) is 102 Å². The maximum absolute atomic E-state index is 12.5. The number of hydrogen-bond acceptors (Lipinski definition) is 5. The number of carbonyl (C=O) groups is 2. The van der Waals surface area contributed by atoms with Gasteiger partial charge in [0.05, 0.1) is 18.3 Å². The Labute approximate surface area is 156 Å². The average molecular weight is 367 g/mol. The van der Waals surface area contributed by atoms with Crippen molar-refractivity contribution in [1.82, 2.24) is 20.1 Å². The van der Waals surface area contributed by atoms with Crippen LogP contribution in [0.4, 0.5) is 5.82 Å². The highest BCUT2D eigenvalue weighted by Crippen LogP contribution is 2.22. The van der Waals surface area contributed by atoms with Gasteiger partial charge in [0, 0.05) is 19.2 Å². The van der Waals surface area contributed by atoms with E-state index in [0.29, 0.717) is 35.3 Å². The van der Waals surface area contributed by atoms with E-state index >= 15 is 0 Å². The van der Waals surface area contributed by atoms with Gasteiger partial charge in [0.15, 0.2) is 0 Å². The molecule has 3 rings (SSSR count). The number of oxazole rings is 1. The third-order valence-electron chi connectivity index (χ3n) is 4.11. The molecule has 0 radical (unpaired) electrons. The number of aryl methyl sites for hydroxylation is 2. The molecule has 2 heterocycles. The minimum atomic E-state index is -0.311. The molecule has 1 aromatic carbocycles. The van der Waals surface area contributed by atoms with Gasteiger partial charge >= 0.3 is 0 Å². The standard InChI is InChI=1S/C19H21N5O3/c1-4-24-17(14(11-21-24)18(26)20-3)23-16(25)10-15-12(2)27-19(22-15)13-8-6-5-7-9-13/h5-9,11H,4,10H2,1-3H3,(H,20,26)(H,23,25). The van der Waals surface area contributed by atoms with E-state index in [1.54, 1.807) is 11.6 Å². The highest BCUT2D eigenvalue weighted by Gasteiger charge is 2.20. The number of rotatable bonds is 6. The van der Waals surface area contributed by atoms with Gasteiger partial charge in [-0.3, -0.25) is 9.59 Å². The molecule has 0 spiro atoms. The summed E-state index contributed by atoms with van der Waals surface area (Å²) in [7, 11) is 1.53. The van der Waals surface area contributed by atoms with Gasteiger partial charge in [0.2, 0.25) is 11.8 Å². The Morgan fingerprint density at radius 3 is 2.63 bits per heavy atom. The van der Waals surface area contributed by atoms with E-state index in [4.69, 9.17) is 4.42 Å². The van der Waals surface area contributed by atoms with Gasteiger partial charge in [0.25, 0.3) is 5.91 Å². The average Bonchev–Trinajstić information content (AvgIpc) is 3.25. The van der Waals surface area contributed by atoms with Crippen LogP contribution >= 0.6 is 0 Å². The van der Waals surface area contributed by atoms with E-state index in [1.165, 1.54) is 13.2 Å². The zero-order chi connectivity index (χ0) is 19.4. The Morgan fingerprint density at radius 1 is 1.22 bits per heavy atom. The van der Waals surface area contributed by atoms with Crippen molar-refractivity contribution >= 4 is 17.6 Å². The van der Waals surface area contributed by atoms with Crippen molar-refractivity contribution in [2.45, 2.75) is 26.8 Å². The first-order valence-corrected chi connectivity index (χ1v) is 8.63. The third-order valence-corrected chi connectivity index (χ3v) is 4.11. The van der Waals surface area contributed by atoms with Gasteiger partial charge < -0.3 is 15.1 Å². The summed E-state index contributed by atoms with van der Waals surface area (Å²) in [5, 5.41) is 9.44. The molecule has 8 heteroatoms. The van der Waals surface area contributed by atoms with Crippen molar-refractivity contribution < 1.29 is 14.0 Å². The van der Waals surface area contributed by atoms with E-state index in [0.717, 1.165) is 5.56 Å². The fourth-order valence-electron chi connectivity index (χ4n) is 2.68. The van der Waals surface area contributed by atoms with Crippen LogP contribution in [0.25, 0.3) is 11.5 Å². The number of hydrogen-bond donors (Lipinski definition) is 2. The summed E-state index contributed by atoms with van der Waals surface area (Å²) >= 11 is 0. The predicted octanol–water partition coefficient (Wildman–Crippen LogP) is 2.41. The first-order valence-electron chi connectivity index (χ1n) is 8.63. The van der Waals surface area contributed by atoms with Crippen molar-refractivity contribution in [2.75, 3.05) is 12.4 Å². The fraction of sp³-hybridized carbons (Fsp3) is 0.263. The van der Waals surface area contributed by atoms with Crippen LogP contribution in [0.2, 0.25) is 0 Å². The summed E-state index contributed by atoms with van der Waals surface area (Å²) in [6, 6.07) is 9.49. The lowest BCUT2D eigenvalue weighted by molar-refractivity contribution is -0.115. The summed E-state index contributed by atoms with van der Waals surface area (Å²) in [4.78, 5) is 29.0. The van der Waals surface area contributed by atoms with E-state index in [9.17, 15) is 9.59 Å². The lowest BCUT2D eigenvalue weighted by Crippen LogP contribution is -2.23. The van der Waals surface area contributed by atoms with Crippen molar-refractivity contribution in [3.8, 4) is 11.5 Å². The molecule has 0 saturated carbocycles. The number of nitrogens with one attached hydrogen (secondary N) is 2. The normalized spacial score (nSPS) is 10.6. The van der Waals surface area contributed by atoms with Crippen LogP contribution in [0.1, 0.15) is 28.7 Å². The Hall–Kier alpha value is -3.42. The maximum atomic E-state index is 12.5. The number of nitrogens with zero attached hydrogens (tertiary/aromatic N) is 3. The van der Waals surface area contributed by atoms with Gasteiger partial charge in [0.1, 0.15) is 17.1 Å². The number of benzene rings is 1. The first-order chi connectivity index (χ1) is 13.0. The molecule has 27 heavy (non-hydrogen) atoms. The van der Waals surface area contributed by atoms with E-state index in [2.05, 4.69) is 20.7 Å².